The van der Waals surface area contributed by atoms with Crippen LogP contribution in [-0.2, 0) is 0 Å². The van der Waals surface area contributed by atoms with Crippen molar-refractivity contribution in [2.24, 2.45) is 0 Å². The van der Waals surface area contributed by atoms with Gasteiger partial charge in [0.15, 0.2) is 0 Å². The van der Waals surface area contributed by atoms with Gasteiger partial charge in [-0.05, 0) is 60.8 Å². The van der Waals surface area contributed by atoms with Crippen molar-refractivity contribution in [2.75, 3.05) is 7.11 Å². The molecule has 0 amide bonds. The van der Waals surface area contributed by atoms with Gasteiger partial charge in [-0.25, -0.2) is 0 Å². The van der Waals surface area contributed by atoms with Crippen molar-refractivity contribution in [2.45, 2.75) is 37.5 Å². The van der Waals surface area contributed by atoms with Crippen LogP contribution in [0.1, 0.15) is 59.0 Å². The molecule has 0 radical (unpaired) electrons. The zero-order valence-corrected chi connectivity index (χ0v) is 13.0. The normalized spacial score (nSPS) is 21.3. The van der Waals surface area contributed by atoms with Crippen LogP contribution in [0.4, 0.5) is 0 Å². The van der Waals surface area contributed by atoms with E-state index in [0.717, 1.165) is 17.6 Å². The number of aldehydes is 1. The Hall–Kier alpha value is -2.09. The number of methoxy groups -OCH3 is 1. The van der Waals surface area contributed by atoms with Crippen LogP contribution in [0, 0.1) is 0 Å². The van der Waals surface area contributed by atoms with Crippen LogP contribution in [0.5, 0.6) is 5.75 Å². The molecule has 3 rings (SSSR count). The average molecular weight is 294 g/mol. The summed E-state index contributed by atoms with van der Waals surface area (Å²) in [5.74, 6) is 2.22. The van der Waals surface area contributed by atoms with Crippen molar-refractivity contribution in [1.82, 2.24) is 0 Å². The highest BCUT2D eigenvalue weighted by Crippen LogP contribution is 2.40. The van der Waals surface area contributed by atoms with Gasteiger partial charge in [0.2, 0.25) is 0 Å². The maximum Gasteiger partial charge on any atom is 0.150 e. The summed E-state index contributed by atoms with van der Waals surface area (Å²) in [4.78, 5) is 10.7. The quantitative estimate of drug-likeness (QED) is 0.746. The van der Waals surface area contributed by atoms with Gasteiger partial charge in [0.05, 0.1) is 7.11 Å². The van der Waals surface area contributed by atoms with E-state index in [1.165, 1.54) is 36.8 Å². The minimum atomic E-state index is 0.634. The summed E-state index contributed by atoms with van der Waals surface area (Å²) in [6.45, 7) is 0. The van der Waals surface area contributed by atoms with Crippen LogP contribution in [0.3, 0.4) is 0 Å². The van der Waals surface area contributed by atoms with Gasteiger partial charge in [-0.3, -0.25) is 4.79 Å². The monoisotopic (exact) mass is 294 g/mol. The molecule has 0 unspecified atom stereocenters. The fourth-order valence-corrected chi connectivity index (χ4v) is 3.48. The van der Waals surface area contributed by atoms with Gasteiger partial charge in [0, 0.05) is 5.56 Å². The van der Waals surface area contributed by atoms with Gasteiger partial charge in [-0.1, -0.05) is 36.4 Å². The highest BCUT2D eigenvalue weighted by Gasteiger charge is 2.23. The average Bonchev–Trinajstić information content (AvgIpc) is 2.62. The Morgan fingerprint density at radius 2 is 1.27 bits per heavy atom. The Balaban J connectivity index is 1.62. The molecule has 0 N–H and O–H groups in total. The van der Waals surface area contributed by atoms with Gasteiger partial charge in [0.1, 0.15) is 12.0 Å². The predicted molar refractivity (Wildman–Crippen MR) is 88.8 cm³/mol. The Kier molecular flexibility index (Phi) is 4.57. The molecule has 1 aliphatic rings. The Labute approximate surface area is 132 Å². The summed E-state index contributed by atoms with van der Waals surface area (Å²) in [6.07, 6.45) is 5.80. The molecule has 0 spiro atoms. The first-order valence-electron chi connectivity index (χ1n) is 7.99. The molecule has 0 aliphatic heterocycles. The number of hydrogen-bond donors (Lipinski definition) is 0. The second-order valence-corrected chi connectivity index (χ2v) is 6.11. The molecule has 22 heavy (non-hydrogen) atoms. The van der Waals surface area contributed by atoms with E-state index in [1.807, 2.05) is 12.1 Å². The Morgan fingerprint density at radius 1 is 0.818 bits per heavy atom. The van der Waals surface area contributed by atoms with Gasteiger partial charge in [0.25, 0.3) is 0 Å². The molecule has 0 atom stereocenters. The second kappa shape index (κ2) is 6.78. The molecule has 2 nitrogen and oxygen atoms in total. The van der Waals surface area contributed by atoms with E-state index in [-0.39, 0.29) is 0 Å². The number of carbonyl (C=O) groups is 1. The number of carbonyl (C=O) groups excluding carboxylic acids is 1. The molecule has 0 aromatic heterocycles. The standard InChI is InChI=1S/C20H22O2/c1-22-20-12-10-19(11-13-20)18-8-6-17(7-9-18)16-4-2-15(14-21)3-5-16/h2-5,10-14,17-18H,6-9H2,1H3. The molecule has 0 bridgehead atoms. The predicted octanol–water partition coefficient (Wildman–Crippen LogP) is 4.95. The van der Waals surface area contributed by atoms with E-state index in [9.17, 15) is 4.79 Å². The third kappa shape index (κ3) is 3.22. The SMILES string of the molecule is COc1ccc(C2CCC(c3ccc(C=O)cc3)CC2)cc1. The van der Waals surface area contributed by atoms with Gasteiger partial charge in [-0.15, -0.1) is 0 Å². The lowest BCUT2D eigenvalue weighted by atomic mass is 9.76. The summed E-state index contributed by atoms with van der Waals surface area (Å²) >= 11 is 0. The second-order valence-electron chi connectivity index (χ2n) is 6.11. The molecule has 114 valence electrons. The Bertz CT molecular complexity index is 605. The van der Waals surface area contributed by atoms with E-state index in [1.54, 1.807) is 7.11 Å². The molecule has 2 aromatic carbocycles. The molecule has 0 heterocycles. The van der Waals surface area contributed by atoms with Gasteiger partial charge in [-0.2, -0.15) is 0 Å². The number of benzene rings is 2. The van der Waals surface area contributed by atoms with E-state index in [0.29, 0.717) is 11.8 Å². The zero-order valence-electron chi connectivity index (χ0n) is 13.0. The summed E-state index contributed by atoms with van der Waals surface area (Å²) in [5.41, 5.74) is 3.56. The first kappa shape index (κ1) is 14.8. The largest absolute Gasteiger partial charge is 0.497 e. The summed E-state index contributed by atoms with van der Waals surface area (Å²) in [6, 6.07) is 16.6. The number of rotatable bonds is 4. The van der Waals surface area contributed by atoms with Crippen molar-refractivity contribution in [3.8, 4) is 5.75 Å². The molecular weight excluding hydrogens is 272 g/mol. The van der Waals surface area contributed by atoms with Crippen molar-refractivity contribution in [3.05, 3.63) is 65.2 Å². The van der Waals surface area contributed by atoms with E-state index in [4.69, 9.17) is 4.74 Å². The fourth-order valence-electron chi connectivity index (χ4n) is 3.48. The third-order valence-electron chi connectivity index (χ3n) is 4.86. The summed E-state index contributed by atoms with van der Waals surface area (Å²) in [7, 11) is 1.70. The maximum atomic E-state index is 10.7. The molecule has 2 aromatic rings. The highest BCUT2D eigenvalue weighted by molar-refractivity contribution is 5.74. The Morgan fingerprint density at radius 3 is 1.68 bits per heavy atom. The lowest BCUT2D eigenvalue weighted by molar-refractivity contribution is 0.112. The van der Waals surface area contributed by atoms with Gasteiger partial charge >= 0.3 is 0 Å². The van der Waals surface area contributed by atoms with Crippen molar-refractivity contribution >= 4 is 6.29 Å². The first-order valence-corrected chi connectivity index (χ1v) is 7.99. The molecule has 1 aliphatic carbocycles. The molecular formula is C20H22O2. The minimum Gasteiger partial charge on any atom is -0.497 e. The molecule has 1 saturated carbocycles. The van der Waals surface area contributed by atoms with Gasteiger partial charge < -0.3 is 4.74 Å². The molecule has 1 fully saturated rings. The van der Waals surface area contributed by atoms with E-state index in [2.05, 4.69) is 36.4 Å². The topological polar surface area (TPSA) is 26.3 Å². The fraction of sp³-hybridized carbons (Fsp3) is 0.350. The molecule has 2 heteroatoms. The maximum absolute atomic E-state index is 10.7. The lowest BCUT2D eigenvalue weighted by Gasteiger charge is -2.29. The van der Waals surface area contributed by atoms with Crippen molar-refractivity contribution in [3.63, 3.8) is 0 Å². The first-order chi connectivity index (χ1) is 10.8. The lowest BCUT2D eigenvalue weighted by Crippen LogP contribution is -2.12. The number of hydrogen-bond acceptors (Lipinski definition) is 2. The van der Waals surface area contributed by atoms with Crippen LogP contribution in [0.15, 0.2) is 48.5 Å². The van der Waals surface area contributed by atoms with Crippen LogP contribution < -0.4 is 4.74 Å². The number of ether oxygens (including phenoxy) is 1. The highest BCUT2D eigenvalue weighted by atomic mass is 16.5. The molecule has 0 saturated heterocycles. The van der Waals surface area contributed by atoms with E-state index < -0.39 is 0 Å². The van der Waals surface area contributed by atoms with Crippen LogP contribution in [0.2, 0.25) is 0 Å². The van der Waals surface area contributed by atoms with Crippen LogP contribution in [0.25, 0.3) is 0 Å². The smallest absolute Gasteiger partial charge is 0.150 e. The van der Waals surface area contributed by atoms with E-state index >= 15 is 0 Å². The summed E-state index contributed by atoms with van der Waals surface area (Å²) < 4.78 is 5.23. The zero-order chi connectivity index (χ0) is 15.4. The minimum absolute atomic E-state index is 0.634. The van der Waals surface area contributed by atoms with Crippen LogP contribution >= 0.6 is 0 Å². The summed E-state index contributed by atoms with van der Waals surface area (Å²) in [5, 5.41) is 0. The van der Waals surface area contributed by atoms with Crippen molar-refractivity contribution in [1.29, 1.82) is 0 Å². The van der Waals surface area contributed by atoms with Crippen LogP contribution in [-0.4, -0.2) is 13.4 Å². The van der Waals surface area contributed by atoms with Crippen molar-refractivity contribution < 1.29 is 9.53 Å². The third-order valence-corrected chi connectivity index (χ3v) is 4.86.